The molecule has 0 spiro atoms. The van der Waals surface area contributed by atoms with Gasteiger partial charge in [-0.2, -0.15) is 0 Å². The Balaban J connectivity index is 1.86. The number of nitrogens with one attached hydrogen (secondary N) is 1. The average molecular weight is 403 g/mol. The molecule has 2 aromatic rings. The molecule has 0 saturated heterocycles. The van der Waals surface area contributed by atoms with Gasteiger partial charge in [-0.15, -0.1) is 0 Å². The minimum Gasteiger partial charge on any atom is -0.383 e. The molecule has 0 saturated carbocycles. The maximum atomic E-state index is 13.0. The van der Waals surface area contributed by atoms with Crippen LogP contribution in [0.2, 0.25) is 5.02 Å². The van der Waals surface area contributed by atoms with E-state index in [2.05, 4.69) is 5.32 Å². The van der Waals surface area contributed by atoms with E-state index in [4.69, 9.17) is 16.3 Å². The molecular weight excluding hydrogens is 384 g/mol. The number of methoxy groups -OCH3 is 1. The Morgan fingerprint density at radius 1 is 1.22 bits per heavy atom. The van der Waals surface area contributed by atoms with E-state index in [9.17, 15) is 9.59 Å². The molecule has 140 valence electrons. The van der Waals surface area contributed by atoms with Crippen LogP contribution in [-0.4, -0.2) is 38.6 Å². The van der Waals surface area contributed by atoms with Crippen molar-refractivity contribution in [2.24, 2.45) is 0 Å². The van der Waals surface area contributed by atoms with Gasteiger partial charge < -0.3 is 10.1 Å². The summed E-state index contributed by atoms with van der Waals surface area (Å²) in [5.41, 5.74) is 1.61. The van der Waals surface area contributed by atoms with Crippen LogP contribution in [0.4, 0.5) is 5.69 Å². The molecule has 0 aromatic heterocycles. The minimum atomic E-state index is -0.229. The number of amides is 2. The van der Waals surface area contributed by atoms with Gasteiger partial charge in [-0.25, -0.2) is 0 Å². The maximum absolute atomic E-state index is 13.0. The second-order valence-corrected chi connectivity index (χ2v) is 7.38. The van der Waals surface area contributed by atoms with Crippen LogP contribution in [0, 0.1) is 0 Å². The van der Waals surface area contributed by atoms with Gasteiger partial charge in [-0.1, -0.05) is 47.6 Å². The van der Waals surface area contributed by atoms with Gasteiger partial charge in [-0.05, 0) is 35.9 Å². The van der Waals surface area contributed by atoms with Crippen LogP contribution in [0.3, 0.4) is 0 Å². The number of ether oxygens (including phenoxy) is 1. The van der Waals surface area contributed by atoms with Crippen LogP contribution in [0.1, 0.15) is 5.56 Å². The molecule has 0 fully saturated rings. The zero-order valence-electron chi connectivity index (χ0n) is 14.8. The molecule has 5 nitrogen and oxygen atoms in total. The summed E-state index contributed by atoms with van der Waals surface area (Å²) in [6.07, 6.45) is 1.81. The van der Waals surface area contributed by atoms with Crippen molar-refractivity contribution < 1.29 is 14.3 Å². The lowest BCUT2D eigenvalue weighted by Gasteiger charge is -2.29. The third-order valence-corrected chi connectivity index (χ3v) is 5.26. The number of hydrogen-bond donors (Lipinski definition) is 1. The number of anilines is 1. The van der Waals surface area contributed by atoms with Crippen LogP contribution in [0.15, 0.2) is 58.3 Å². The van der Waals surface area contributed by atoms with Gasteiger partial charge >= 0.3 is 0 Å². The van der Waals surface area contributed by atoms with Crippen molar-refractivity contribution in [3.05, 3.63) is 64.0 Å². The Kier molecular flexibility index (Phi) is 6.55. The minimum absolute atomic E-state index is 0.0436. The van der Waals surface area contributed by atoms with E-state index in [1.165, 1.54) is 16.7 Å². The normalized spacial score (nSPS) is 15.0. The number of rotatable bonds is 6. The second kappa shape index (κ2) is 9.08. The highest BCUT2D eigenvalue weighted by Gasteiger charge is 2.30. The first-order chi connectivity index (χ1) is 13.1. The zero-order valence-corrected chi connectivity index (χ0v) is 16.3. The lowest BCUT2D eigenvalue weighted by Crippen LogP contribution is -2.43. The smallest absolute Gasteiger partial charge is 0.265 e. The molecule has 3 rings (SSSR count). The van der Waals surface area contributed by atoms with Gasteiger partial charge in [0.05, 0.1) is 17.2 Å². The molecule has 0 unspecified atom stereocenters. The van der Waals surface area contributed by atoms with Gasteiger partial charge in [0.1, 0.15) is 6.54 Å². The molecule has 1 heterocycles. The molecule has 2 aromatic carbocycles. The van der Waals surface area contributed by atoms with E-state index in [0.717, 1.165) is 16.1 Å². The molecule has 1 aliphatic rings. The summed E-state index contributed by atoms with van der Waals surface area (Å²) < 4.78 is 4.93. The summed E-state index contributed by atoms with van der Waals surface area (Å²) in [7, 11) is 1.57. The third-order valence-electron chi connectivity index (χ3n) is 3.93. The fourth-order valence-electron chi connectivity index (χ4n) is 2.62. The van der Waals surface area contributed by atoms with Gasteiger partial charge in [0.25, 0.3) is 5.91 Å². The number of thioether (sulfide) groups is 1. The van der Waals surface area contributed by atoms with Crippen LogP contribution in [-0.2, 0) is 14.3 Å². The number of carbonyl (C=O) groups excluding carboxylic acids is 2. The number of nitrogens with zero attached hydrogens (tertiary/aromatic N) is 1. The number of benzene rings is 2. The van der Waals surface area contributed by atoms with Gasteiger partial charge in [0.15, 0.2) is 0 Å². The lowest BCUT2D eigenvalue weighted by molar-refractivity contribution is -0.122. The van der Waals surface area contributed by atoms with Crippen molar-refractivity contribution in [1.82, 2.24) is 5.32 Å². The molecule has 1 aliphatic heterocycles. The Morgan fingerprint density at radius 2 is 1.96 bits per heavy atom. The first-order valence-electron chi connectivity index (χ1n) is 8.40. The molecule has 0 aliphatic carbocycles. The lowest BCUT2D eigenvalue weighted by atomic mass is 10.2. The topological polar surface area (TPSA) is 58.6 Å². The SMILES string of the molecule is COCCNC(=O)CN1C(=O)C(=Cc2ccc(Cl)cc2)Sc2ccccc21. The number of carbonyl (C=O) groups is 2. The highest BCUT2D eigenvalue weighted by molar-refractivity contribution is 8.04. The molecular formula is C20H19ClN2O3S. The Morgan fingerprint density at radius 3 is 2.70 bits per heavy atom. The van der Waals surface area contributed by atoms with E-state index in [1.807, 2.05) is 42.5 Å². The van der Waals surface area contributed by atoms with Gasteiger partial charge in [0, 0.05) is 23.6 Å². The monoisotopic (exact) mass is 402 g/mol. The highest BCUT2D eigenvalue weighted by atomic mass is 35.5. The first kappa shape index (κ1) is 19.5. The number of hydrogen-bond acceptors (Lipinski definition) is 4. The van der Waals surface area contributed by atoms with Crippen molar-refractivity contribution in [2.75, 3.05) is 31.7 Å². The van der Waals surface area contributed by atoms with Crippen molar-refractivity contribution in [3.8, 4) is 0 Å². The number of fused-ring (bicyclic) bond motifs is 1. The van der Waals surface area contributed by atoms with Crippen molar-refractivity contribution in [2.45, 2.75) is 4.90 Å². The van der Waals surface area contributed by atoms with E-state index < -0.39 is 0 Å². The molecule has 0 atom stereocenters. The predicted molar refractivity (Wildman–Crippen MR) is 109 cm³/mol. The molecule has 2 amide bonds. The van der Waals surface area contributed by atoms with Crippen molar-refractivity contribution in [1.29, 1.82) is 0 Å². The first-order valence-corrected chi connectivity index (χ1v) is 9.59. The van der Waals surface area contributed by atoms with Crippen molar-refractivity contribution in [3.63, 3.8) is 0 Å². The fourth-order valence-corrected chi connectivity index (χ4v) is 3.81. The van der Waals surface area contributed by atoms with Gasteiger partial charge in [-0.3, -0.25) is 14.5 Å². The highest BCUT2D eigenvalue weighted by Crippen LogP contribution is 2.41. The van der Waals surface area contributed by atoms with E-state index in [0.29, 0.717) is 23.1 Å². The third kappa shape index (κ3) is 4.91. The summed E-state index contributed by atoms with van der Waals surface area (Å²) in [5, 5.41) is 3.39. The predicted octanol–water partition coefficient (Wildman–Crippen LogP) is 3.58. The van der Waals surface area contributed by atoms with Crippen molar-refractivity contribution >= 4 is 46.9 Å². The maximum Gasteiger partial charge on any atom is 0.265 e. The van der Waals surface area contributed by atoms with Crippen LogP contribution in [0.5, 0.6) is 0 Å². The summed E-state index contributed by atoms with van der Waals surface area (Å²) in [6.45, 7) is 0.785. The average Bonchev–Trinajstić information content (AvgIpc) is 2.67. The second-order valence-electron chi connectivity index (χ2n) is 5.86. The largest absolute Gasteiger partial charge is 0.383 e. The Hall–Kier alpha value is -2.28. The molecule has 7 heteroatoms. The summed E-state index contributed by atoms with van der Waals surface area (Å²) in [5.74, 6) is -0.427. The molecule has 27 heavy (non-hydrogen) atoms. The van der Waals surface area contributed by atoms with Crippen LogP contribution < -0.4 is 10.2 Å². The van der Waals surface area contributed by atoms with Gasteiger partial charge in [0.2, 0.25) is 5.91 Å². The Labute approximate surface area is 167 Å². The summed E-state index contributed by atoms with van der Waals surface area (Å²) >= 11 is 7.33. The van der Waals surface area contributed by atoms with Crippen LogP contribution >= 0.6 is 23.4 Å². The standard InChI is InChI=1S/C20H19ClN2O3S/c1-26-11-10-22-19(24)13-23-16-4-2-3-5-17(16)27-18(20(23)25)12-14-6-8-15(21)9-7-14/h2-9,12H,10-11,13H2,1H3,(H,22,24). The zero-order chi connectivity index (χ0) is 19.2. The number of para-hydroxylation sites is 1. The van der Waals surface area contributed by atoms with E-state index in [1.54, 1.807) is 19.2 Å². The summed E-state index contributed by atoms with van der Waals surface area (Å²) in [6, 6.07) is 14.8. The molecule has 0 bridgehead atoms. The fraction of sp³-hybridized carbons (Fsp3) is 0.200. The molecule has 1 N–H and O–H groups in total. The molecule has 0 radical (unpaired) electrons. The number of halogens is 1. The van der Waals surface area contributed by atoms with Crippen LogP contribution in [0.25, 0.3) is 6.08 Å². The quantitative estimate of drug-likeness (QED) is 0.592. The summed E-state index contributed by atoms with van der Waals surface area (Å²) in [4.78, 5) is 28.3. The van der Waals surface area contributed by atoms with E-state index >= 15 is 0 Å². The van der Waals surface area contributed by atoms with E-state index in [-0.39, 0.29) is 18.4 Å². The Bertz CT molecular complexity index is 868.